The van der Waals surface area contributed by atoms with Crippen LogP contribution < -0.4 is 4.90 Å². The smallest absolute Gasteiger partial charge is 0.237 e. The van der Waals surface area contributed by atoms with Gasteiger partial charge in [0.1, 0.15) is 0 Å². The first kappa shape index (κ1) is 7.68. The van der Waals surface area contributed by atoms with Crippen LogP contribution in [0.3, 0.4) is 0 Å². The van der Waals surface area contributed by atoms with E-state index in [9.17, 15) is 4.79 Å². The van der Waals surface area contributed by atoms with Crippen molar-refractivity contribution in [3.8, 4) is 0 Å². The molecule has 1 saturated heterocycles. The standard InChI is InChI=1S/C9H9NOS/c11-9-6-12-7-10(9)8-4-2-1-3-5-8/h1-5H,6-7H2. The lowest BCUT2D eigenvalue weighted by Gasteiger charge is -2.13. The summed E-state index contributed by atoms with van der Waals surface area (Å²) in [6.07, 6.45) is 0. The second-order valence-electron chi connectivity index (χ2n) is 2.63. The van der Waals surface area contributed by atoms with Crippen molar-refractivity contribution < 1.29 is 4.79 Å². The molecule has 1 aliphatic heterocycles. The Labute approximate surface area is 75.6 Å². The van der Waals surface area contributed by atoms with Crippen LogP contribution in [0.2, 0.25) is 0 Å². The predicted octanol–water partition coefficient (Wildman–Crippen LogP) is 1.72. The lowest BCUT2D eigenvalue weighted by molar-refractivity contribution is -0.115. The van der Waals surface area contributed by atoms with Crippen LogP contribution in [0.15, 0.2) is 30.3 Å². The van der Waals surface area contributed by atoms with Crippen LogP contribution in [0.1, 0.15) is 0 Å². The molecule has 0 N–H and O–H groups in total. The molecule has 1 aromatic rings. The quantitative estimate of drug-likeness (QED) is 0.654. The Morgan fingerprint density at radius 3 is 2.58 bits per heavy atom. The summed E-state index contributed by atoms with van der Waals surface area (Å²) in [5, 5.41) is 0. The lowest BCUT2D eigenvalue weighted by atomic mass is 10.3. The number of thioether (sulfide) groups is 1. The first-order valence-electron chi connectivity index (χ1n) is 3.81. The molecule has 12 heavy (non-hydrogen) atoms. The predicted molar refractivity (Wildman–Crippen MR) is 51.3 cm³/mol. The molecule has 3 heteroatoms. The van der Waals surface area contributed by atoms with E-state index < -0.39 is 0 Å². The van der Waals surface area contributed by atoms with Crippen LogP contribution in [0.5, 0.6) is 0 Å². The van der Waals surface area contributed by atoms with Gasteiger partial charge < -0.3 is 4.90 Å². The summed E-state index contributed by atoms with van der Waals surface area (Å²) in [4.78, 5) is 13.1. The van der Waals surface area contributed by atoms with Gasteiger partial charge in [0.25, 0.3) is 0 Å². The Morgan fingerprint density at radius 1 is 1.25 bits per heavy atom. The largest absolute Gasteiger partial charge is 0.302 e. The fourth-order valence-electron chi connectivity index (χ4n) is 1.20. The van der Waals surface area contributed by atoms with Crippen molar-refractivity contribution in [1.82, 2.24) is 0 Å². The Morgan fingerprint density at radius 2 is 2.00 bits per heavy atom. The van der Waals surface area contributed by atoms with Gasteiger partial charge in [-0.2, -0.15) is 0 Å². The van der Waals surface area contributed by atoms with Gasteiger partial charge in [0.05, 0.1) is 11.6 Å². The Bertz CT molecular complexity index is 286. The van der Waals surface area contributed by atoms with Gasteiger partial charge in [-0.15, -0.1) is 11.8 Å². The maximum atomic E-state index is 11.3. The molecule has 0 bridgehead atoms. The number of anilines is 1. The van der Waals surface area contributed by atoms with E-state index in [0.29, 0.717) is 5.75 Å². The van der Waals surface area contributed by atoms with Crippen molar-refractivity contribution >= 4 is 23.4 Å². The zero-order valence-electron chi connectivity index (χ0n) is 6.56. The van der Waals surface area contributed by atoms with E-state index in [4.69, 9.17) is 0 Å². The van der Waals surface area contributed by atoms with E-state index in [1.165, 1.54) is 0 Å². The van der Waals surface area contributed by atoms with Crippen LogP contribution in [0.25, 0.3) is 0 Å². The third-order valence-corrected chi connectivity index (χ3v) is 2.71. The molecular formula is C9H9NOS. The molecule has 1 aliphatic rings. The molecule has 1 amide bonds. The number of hydrogen-bond acceptors (Lipinski definition) is 2. The molecular weight excluding hydrogens is 170 g/mol. The zero-order valence-corrected chi connectivity index (χ0v) is 7.38. The SMILES string of the molecule is O=C1CSCN1c1ccccc1. The van der Waals surface area contributed by atoms with Crippen LogP contribution in [0.4, 0.5) is 5.69 Å². The summed E-state index contributed by atoms with van der Waals surface area (Å²) in [6, 6.07) is 9.78. The number of rotatable bonds is 1. The minimum atomic E-state index is 0.214. The number of nitrogens with zero attached hydrogens (tertiary/aromatic N) is 1. The van der Waals surface area contributed by atoms with E-state index in [1.807, 2.05) is 35.2 Å². The molecule has 1 heterocycles. The monoisotopic (exact) mass is 179 g/mol. The molecule has 0 radical (unpaired) electrons. The van der Waals surface area contributed by atoms with Crippen molar-refractivity contribution in [3.63, 3.8) is 0 Å². The van der Waals surface area contributed by atoms with Crippen LogP contribution in [-0.4, -0.2) is 17.5 Å². The maximum Gasteiger partial charge on any atom is 0.237 e. The minimum Gasteiger partial charge on any atom is -0.302 e. The number of benzene rings is 1. The number of carbonyl (C=O) groups excluding carboxylic acids is 1. The average Bonchev–Trinajstić information content (AvgIpc) is 2.53. The fraction of sp³-hybridized carbons (Fsp3) is 0.222. The van der Waals surface area contributed by atoms with Gasteiger partial charge in [0.15, 0.2) is 0 Å². The fourth-order valence-corrected chi connectivity index (χ4v) is 2.10. The van der Waals surface area contributed by atoms with Crippen LogP contribution in [-0.2, 0) is 4.79 Å². The molecule has 0 saturated carbocycles. The summed E-state index contributed by atoms with van der Waals surface area (Å²) in [6.45, 7) is 0. The summed E-state index contributed by atoms with van der Waals surface area (Å²) >= 11 is 1.66. The molecule has 2 nitrogen and oxygen atoms in total. The topological polar surface area (TPSA) is 20.3 Å². The van der Waals surface area contributed by atoms with Gasteiger partial charge in [0, 0.05) is 5.69 Å². The van der Waals surface area contributed by atoms with Crippen molar-refractivity contribution in [2.75, 3.05) is 16.5 Å². The summed E-state index contributed by atoms with van der Waals surface area (Å²) in [5.41, 5.74) is 1.01. The highest BCUT2D eigenvalue weighted by Gasteiger charge is 2.21. The molecule has 1 aromatic carbocycles. The zero-order chi connectivity index (χ0) is 8.39. The molecule has 2 rings (SSSR count). The van der Waals surface area contributed by atoms with Gasteiger partial charge in [-0.05, 0) is 12.1 Å². The normalized spacial score (nSPS) is 17.0. The third-order valence-electron chi connectivity index (χ3n) is 1.81. The summed E-state index contributed by atoms with van der Waals surface area (Å²) in [7, 11) is 0. The second kappa shape index (κ2) is 3.19. The molecule has 0 aliphatic carbocycles. The molecule has 62 valence electrons. The van der Waals surface area contributed by atoms with E-state index >= 15 is 0 Å². The van der Waals surface area contributed by atoms with Gasteiger partial charge in [-0.1, -0.05) is 18.2 Å². The average molecular weight is 179 g/mol. The van der Waals surface area contributed by atoms with Crippen molar-refractivity contribution in [2.45, 2.75) is 0 Å². The highest BCUT2D eigenvalue weighted by Crippen LogP contribution is 2.22. The Balaban J connectivity index is 2.25. The maximum absolute atomic E-state index is 11.3. The second-order valence-corrected chi connectivity index (χ2v) is 3.59. The van der Waals surface area contributed by atoms with Gasteiger partial charge in [-0.3, -0.25) is 4.79 Å². The van der Waals surface area contributed by atoms with E-state index in [-0.39, 0.29) is 5.91 Å². The van der Waals surface area contributed by atoms with E-state index in [1.54, 1.807) is 11.8 Å². The Hall–Kier alpha value is -0.960. The highest BCUT2D eigenvalue weighted by atomic mass is 32.2. The Kier molecular flexibility index (Phi) is 2.04. The lowest BCUT2D eigenvalue weighted by Crippen LogP contribution is -2.24. The molecule has 0 aromatic heterocycles. The van der Waals surface area contributed by atoms with Gasteiger partial charge in [-0.25, -0.2) is 0 Å². The van der Waals surface area contributed by atoms with E-state index in [2.05, 4.69) is 0 Å². The molecule has 0 spiro atoms. The van der Waals surface area contributed by atoms with Gasteiger partial charge >= 0.3 is 0 Å². The molecule has 0 unspecified atom stereocenters. The summed E-state index contributed by atoms with van der Waals surface area (Å²) < 4.78 is 0. The minimum absolute atomic E-state index is 0.214. The highest BCUT2D eigenvalue weighted by molar-refractivity contribution is 8.00. The van der Waals surface area contributed by atoms with Crippen molar-refractivity contribution in [1.29, 1.82) is 0 Å². The third kappa shape index (κ3) is 1.32. The molecule has 1 fully saturated rings. The van der Waals surface area contributed by atoms with E-state index in [0.717, 1.165) is 11.6 Å². The number of hydrogen-bond donors (Lipinski definition) is 0. The summed E-state index contributed by atoms with van der Waals surface area (Å²) in [5.74, 6) is 1.63. The first-order valence-corrected chi connectivity index (χ1v) is 4.96. The van der Waals surface area contributed by atoms with Crippen LogP contribution in [0, 0.1) is 0 Å². The number of amides is 1. The first-order chi connectivity index (χ1) is 5.88. The van der Waals surface area contributed by atoms with Crippen LogP contribution >= 0.6 is 11.8 Å². The molecule has 0 atom stereocenters. The van der Waals surface area contributed by atoms with Crippen molar-refractivity contribution in [3.05, 3.63) is 30.3 Å². The number of carbonyl (C=O) groups is 1. The van der Waals surface area contributed by atoms with Crippen molar-refractivity contribution in [2.24, 2.45) is 0 Å². The number of para-hydroxylation sites is 1. The van der Waals surface area contributed by atoms with Gasteiger partial charge in [0.2, 0.25) is 5.91 Å².